The molecule has 1 heterocycles. The number of hydrogen-bond acceptors (Lipinski definition) is 4. The molecule has 0 saturated carbocycles. The first-order valence-corrected chi connectivity index (χ1v) is 9.72. The van der Waals surface area contributed by atoms with E-state index in [1.54, 1.807) is 7.11 Å². The molecule has 6 heteroatoms. The van der Waals surface area contributed by atoms with Crippen molar-refractivity contribution in [3.63, 3.8) is 0 Å². The van der Waals surface area contributed by atoms with Crippen LogP contribution in [0.5, 0.6) is 11.5 Å². The second-order valence-electron chi connectivity index (χ2n) is 7.02. The Labute approximate surface area is 166 Å². The fourth-order valence-corrected chi connectivity index (χ4v) is 3.49. The summed E-state index contributed by atoms with van der Waals surface area (Å²) in [5.74, 6) is 1.62. The Balaban J connectivity index is 1.42. The lowest BCUT2D eigenvalue weighted by atomic mass is 10.2. The maximum Gasteiger partial charge on any atom is 0.137 e. The Morgan fingerprint density at radius 2 is 1.78 bits per heavy atom. The molecule has 0 radical (unpaired) electrons. The molecule has 0 aliphatic carbocycles. The van der Waals surface area contributed by atoms with Crippen LogP contribution in [0.3, 0.4) is 0 Å². The predicted octanol–water partition coefficient (Wildman–Crippen LogP) is 1.80. The molecule has 1 aliphatic heterocycles. The first kappa shape index (κ1) is 19.8. The number of hydrogen-bond donors (Lipinski definition) is 2. The molecule has 3 rings (SSSR count). The number of aliphatic hydroxyl groups is 1. The molecule has 2 aromatic carbocycles. The standard InChI is InChI=1S/C21H27ClN2O3/c1-16-13-20(7-8-21(16)22)27-15-18(25)14-23-9-11-24(12-10-23)17-3-5-19(26-2)6-4-17/h3-8,13,18,25H,9-12,14-15H2,1-2H3/p+1/t18-/m1/s1. The first-order chi connectivity index (χ1) is 13.0. The minimum Gasteiger partial charge on any atom is -0.497 e. The van der Waals surface area contributed by atoms with Gasteiger partial charge in [-0.15, -0.1) is 0 Å². The number of quaternary nitrogens is 1. The molecular formula is C21H28ClN2O3+. The highest BCUT2D eigenvalue weighted by atomic mass is 35.5. The second-order valence-corrected chi connectivity index (χ2v) is 7.42. The van der Waals surface area contributed by atoms with Crippen molar-refractivity contribution in [2.45, 2.75) is 13.0 Å². The SMILES string of the molecule is COc1ccc(N2CC[NH+](C[C@@H](O)COc3ccc(Cl)c(C)c3)CC2)cc1. The van der Waals surface area contributed by atoms with Crippen LogP contribution in [-0.2, 0) is 0 Å². The first-order valence-electron chi connectivity index (χ1n) is 9.34. The number of aliphatic hydroxyl groups excluding tert-OH is 1. The Kier molecular flexibility index (Phi) is 6.83. The van der Waals surface area contributed by atoms with Crippen molar-refractivity contribution in [3.8, 4) is 11.5 Å². The summed E-state index contributed by atoms with van der Waals surface area (Å²) < 4.78 is 10.9. The molecule has 0 aromatic heterocycles. The lowest BCUT2D eigenvalue weighted by Crippen LogP contribution is -3.16. The summed E-state index contributed by atoms with van der Waals surface area (Å²) in [6.45, 7) is 6.90. The topological polar surface area (TPSA) is 46.4 Å². The summed E-state index contributed by atoms with van der Waals surface area (Å²) in [4.78, 5) is 3.78. The second kappa shape index (κ2) is 9.31. The molecule has 5 nitrogen and oxygen atoms in total. The number of methoxy groups -OCH3 is 1. The highest BCUT2D eigenvalue weighted by molar-refractivity contribution is 6.31. The minimum atomic E-state index is -0.483. The van der Waals surface area contributed by atoms with Gasteiger partial charge in [-0.1, -0.05) is 11.6 Å². The highest BCUT2D eigenvalue weighted by Gasteiger charge is 2.23. The van der Waals surface area contributed by atoms with Crippen molar-refractivity contribution in [3.05, 3.63) is 53.1 Å². The molecule has 0 spiro atoms. The number of aryl methyl sites for hydroxylation is 1. The zero-order chi connectivity index (χ0) is 19.2. The monoisotopic (exact) mass is 391 g/mol. The number of rotatable bonds is 7. The number of benzene rings is 2. The maximum absolute atomic E-state index is 10.3. The van der Waals surface area contributed by atoms with Gasteiger partial charge in [0.2, 0.25) is 0 Å². The largest absolute Gasteiger partial charge is 0.497 e. The number of nitrogens with one attached hydrogen (secondary N) is 1. The average molecular weight is 392 g/mol. The summed E-state index contributed by atoms with van der Waals surface area (Å²) in [6, 6.07) is 13.7. The van der Waals surface area contributed by atoms with E-state index in [0.717, 1.165) is 48.3 Å². The van der Waals surface area contributed by atoms with E-state index in [1.165, 1.54) is 10.6 Å². The molecule has 1 saturated heterocycles. The van der Waals surface area contributed by atoms with Crippen LogP contribution in [0, 0.1) is 6.92 Å². The molecule has 2 aromatic rings. The molecule has 0 amide bonds. The number of halogens is 1. The smallest absolute Gasteiger partial charge is 0.137 e. The van der Waals surface area contributed by atoms with Gasteiger partial charge in [-0.05, 0) is 55.0 Å². The van der Waals surface area contributed by atoms with Gasteiger partial charge in [0.25, 0.3) is 0 Å². The molecule has 1 fully saturated rings. The van der Waals surface area contributed by atoms with E-state index in [-0.39, 0.29) is 0 Å². The van der Waals surface area contributed by atoms with Crippen molar-refractivity contribution in [2.24, 2.45) is 0 Å². The van der Waals surface area contributed by atoms with Crippen LogP contribution < -0.4 is 19.3 Å². The lowest BCUT2D eigenvalue weighted by molar-refractivity contribution is -0.903. The third kappa shape index (κ3) is 5.51. The third-order valence-electron chi connectivity index (χ3n) is 5.00. The summed E-state index contributed by atoms with van der Waals surface area (Å²) >= 11 is 6.02. The number of piperazine rings is 1. The van der Waals surface area contributed by atoms with Crippen LogP contribution in [0.15, 0.2) is 42.5 Å². The van der Waals surface area contributed by atoms with E-state index in [0.29, 0.717) is 13.2 Å². The van der Waals surface area contributed by atoms with Gasteiger partial charge in [-0.25, -0.2) is 0 Å². The van der Waals surface area contributed by atoms with Crippen LogP contribution in [0.25, 0.3) is 0 Å². The van der Waals surface area contributed by atoms with Crippen LogP contribution in [-0.4, -0.2) is 57.7 Å². The predicted molar refractivity (Wildman–Crippen MR) is 108 cm³/mol. The van der Waals surface area contributed by atoms with Crippen molar-refractivity contribution in [1.82, 2.24) is 0 Å². The van der Waals surface area contributed by atoms with Crippen molar-refractivity contribution >= 4 is 17.3 Å². The lowest BCUT2D eigenvalue weighted by Gasteiger charge is -2.34. The average Bonchev–Trinajstić information content (AvgIpc) is 2.69. The van der Waals surface area contributed by atoms with E-state index >= 15 is 0 Å². The van der Waals surface area contributed by atoms with E-state index in [4.69, 9.17) is 21.1 Å². The van der Waals surface area contributed by atoms with Gasteiger partial charge in [0.1, 0.15) is 30.8 Å². The molecule has 27 heavy (non-hydrogen) atoms. The summed E-state index contributed by atoms with van der Waals surface area (Å²) in [5.41, 5.74) is 2.20. The van der Waals surface area contributed by atoms with E-state index in [1.807, 2.05) is 37.3 Å². The summed E-state index contributed by atoms with van der Waals surface area (Å²) in [5, 5.41) is 11.1. The van der Waals surface area contributed by atoms with Crippen molar-refractivity contribution in [2.75, 3.05) is 51.3 Å². The van der Waals surface area contributed by atoms with Crippen LogP contribution in [0.2, 0.25) is 5.02 Å². The van der Waals surface area contributed by atoms with Gasteiger partial charge < -0.3 is 24.4 Å². The molecule has 146 valence electrons. The van der Waals surface area contributed by atoms with Gasteiger partial charge in [0.15, 0.2) is 0 Å². The number of anilines is 1. The maximum atomic E-state index is 10.3. The zero-order valence-corrected chi connectivity index (χ0v) is 16.7. The summed E-state index contributed by atoms with van der Waals surface area (Å²) in [6.07, 6.45) is -0.483. The van der Waals surface area contributed by atoms with Gasteiger partial charge >= 0.3 is 0 Å². The minimum absolute atomic E-state index is 0.298. The fourth-order valence-electron chi connectivity index (χ4n) is 3.37. The summed E-state index contributed by atoms with van der Waals surface area (Å²) in [7, 11) is 1.68. The van der Waals surface area contributed by atoms with Gasteiger partial charge in [0, 0.05) is 10.7 Å². The van der Waals surface area contributed by atoms with E-state index in [2.05, 4.69) is 17.0 Å². The normalized spacial score (nSPS) is 16.2. The van der Waals surface area contributed by atoms with Gasteiger partial charge in [0.05, 0.1) is 33.3 Å². The van der Waals surface area contributed by atoms with Gasteiger partial charge in [-0.3, -0.25) is 0 Å². The van der Waals surface area contributed by atoms with Crippen LogP contribution in [0.4, 0.5) is 5.69 Å². The quantitative estimate of drug-likeness (QED) is 0.755. The molecule has 2 N–H and O–H groups in total. The molecular weight excluding hydrogens is 364 g/mol. The Bertz CT molecular complexity index is 731. The van der Waals surface area contributed by atoms with Crippen molar-refractivity contribution in [1.29, 1.82) is 0 Å². The Morgan fingerprint density at radius 1 is 1.11 bits per heavy atom. The van der Waals surface area contributed by atoms with E-state index < -0.39 is 6.10 Å². The third-order valence-corrected chi connectivity index (χ3v) is 5.43. The number of nitrogens with zero attached hydrogens (tertiary/aromatic N) is 1. The Morgan fingerprint density at radius 3 is 2.41 bits per heavy atom. The number of ether oxygens (including phenoxy) is 2. The van der Waals surface area contributed by atoms with Crippen LogP contribution in [0.1, 0.15) is 5.56 Å². The molecule has 1 aliphatic rings. The van der Waals surface area contributed by atoms with Gasteiger partial charge in [-0.2, -0.15) is 0 Å². The van der Waals surface area contributed by atoms with Crippen LogP contribution >= 0.6 is 11.6 Å². The zero-order valence-electron chi connectivity index (χ0n) is 16.0. The fraction of sp³-hybridized carbons (Fsp3) is 0.429. The van der Waals surface area contributed by atoms with Crippen molar-refractivity contribution < 1.29 is 19.5 Å². The Hall–Kier alpha value is -1.95. The molecule has 0 bridgehead atoms. The molecule has 0 unspecified atom stereocenters. The van der Waals surface area contributed by atoms with E-state index in [9.17, 15) is 5.11 Å². The molecule has 1 atom stereocenters. The highest BCUT2D eigenvalue weighted by Crippen LogP contribution is 2.21.